The van der Waals surface area contributed by atoms with Crippen molar-refractivity contribution < 1.29 is 0 Å². The first-order valence-corrected chi connectivity index (χ1v) is 9.20. The molecule has 0 bridgehead atoms. The number of hydrogen-bond donors (Lipinski definition) is 2. The van der Waals surface area contributed by atoms with Crippen LogP contribution in [0, 0.1) is 5.92 Å². The number of fused-ring (bicyclic) bond motifs is 1. The second-order valence-corrected chi connectivity index (χ2v) is 7.27. The predicted molar refractivity (Wildman–Crippen MR) is 102 cm³/mol. The van der Waals surface area contributed by atoms with Crippen molar-refractivity contribution in [2.75, 3.05) is 13.1 Å². The Bertz CT molecular complexity index is 797. The van der Waals surface area contributed by atoms with Gasteiger partial charge in [-0.25, -0.2) is 10.8 Å². The smallest absolute Gasteiger partial charge is 0.141 e. The van der Waals surface area contributed by atoms with Gasteiger partial charge in [0, 0.05) is 35.3 Å². The molecule has 8 heteroatoms. The minimum Gasteiger partial charge on any atom is -0.346 e. The van der Waals surface area contributed by atoms with Crippen LogP contribution in [0.3, 0.4) is 0 Å². The summed E-state index contributed by atoms with van der Waals surface area (Å²) in [6, 6.07) is 1.99. The number of aromatic amines is 1. The zero-order valence-corrected chi connectivity index (χ0v) is 14.7. The van der Waals surface area contributed by atoms with Crippen molar-refractivity contribution in [1.82, 2.24) is 19.9 Å². The zero-order valence-electron chi connectivity index (χ0n) is 13.9. The molecule has 0 saturated carbocycles. The minimum absolute atomic E-state index is 0.352. The highest BCUT2D eigenvalue weighted by Crippen LogP contribution is 2.37. The monoisotopic (exact) mass is 355 g/mol. The van der Waals surface area contributed by atoms with Gasteiger partial charge in [-0.1, -0.05) is 0 Å². The number of nitrogens with one attached hydrogen (secondary N) is 1. The van der Waals surface area contributed by atoms with Crippen LogP contribution < -0.4 is 5.84 Å². The lowest BCUT2D eigenvalue weighted by Gasteiger charge is -2.33. The third-order valence-electron chi connectivity index (χ3n) is 4.80. The number of piperidine rings is 1. The Morgan fingerprint density at radius 2 is 2.28 bits per heavy atom. The van der Waals surface area contributed by atoms with Crippen LogP contribution in [0.25, 0.3) is 5.70 Å². The fourth-order valence-corrected chi connectivity index (χ4v) is 4.18. The first-order chi connectivity index (χ1) is 12.3. The SMILES string of the molecule is C=N/C(=C1/c2cc[nH]c2N=CN1N)C1CCN(Cc2cncs2)CC1. The van der Waals surface area contributed by atoms with Gasteiger partial charge in [0.15, 0.2) is 0 Å². The van der Waals surface area contributed by atoms with Crippen molar-refractivity contribution in [2.24, 2.45) is 21.7 Å². The molecule has 25 heavy (non-hydrogen) atoms. The van der Waals surface area contributed by atoms with Crippen LogP contribution in [-0.2, 0) is 6.54 Å². The molecule has 4 rings (SSSR count). The van der Waals surface area contributed by atoms with Crippen molar-refractivity contribution in [3.05, 3.63) is 40.1 Å². The lowest BCUT2D eigenvalue weighted by atomic mass is 9.91. The number of nitrogens with two attached hydrogens (primary N) is 1. The van der Waals surface area contributed by atoms with Gasteiger partial charge in [-0.05, 0) is 38.7 Å². The highest BCUT2D eigenvalue weighted by molar-refractivity contribution is 7.09. The molecule has 0 aliphatic carbocycles. The molecule has 4 heterocycles. The van der Waals surface area contributed by atoms with Gasteiger partial charge in [0.2, 0.25) is 0 Å². The second kappa shape index (κ2) is 6.91. The van der Waals surface area contributed by atoms with Crippen LogP contribution in [0.15, 0.2) is 39.7 Å². The van der Waals surface area contributed by atoms with Gasteiger partial charge in [0.05, 0.1) is 16.9 Å². The maximum Gasteiger partial charge on any atom is 0.141 e. The van der Waals surface area contributed by atoms with E-state index in [9.17, 15) is 0 Å². The van der Waals surface area contributed by atoms with Crippen molar-refractivity contribution in [1.29, 1.82) is 0 Å². The Labute approximate surface area is 150 Å². The van der Waals surface area contributed by atoms with E-state index in [1.54, 1.807) is 22.7 Å². The Morgan fingerprint density at radius 1 is 1.44 bits per heavy atom. The molecule has 7 nitrogen and oxygen atoms in total. The molecular weight excluding hydrogens is 334 g/mol. The molecule has 2 aromatic rings. The molecule has 130 valence electrons. The molecule has 2 aromatic heterocycles. The second-order valence-electron chi connectivity index (χ2n) is 6.30. The summed E-state index contributed by atoms with van der Waals surface area (Å²) in [5.41, 5.74) is 4.75. The lowest BCUT2D eigenvalue weighted by Crippen LogP contribution is -2.35. The van der Waals surface area contributed by atoms with Gasteiger partial charge in [-0.3, -0.25) is 19.9 Å². The summed E-state index contributed by atoms with van der Waals surface area (Å²) in [5, 5.41) is 1.56. The largest absolute Gasteiger partial charge is 0.346 e. The molecule has 0 amide bonds. The Hall–Kier alpha value is -2.29. The average Bonchev–Trinajstić information content (AvgIpc) is 3.30. The first kappa shape index (κ1) is 16.2. The third-order valence-corrected chi connectivity index (χ3v) is 5.56. The molecule has 0 spiro atoms. The topological polar surface area (TPSA) is 85.9 Å². The van der Waals surface area contributed by atoms with Crippen LogP contribution in [0.4, 0.5) is 5.82 Å². The number of nitrogens with zero attached hydrogens (tertiary/aromatic N) is 5. The molecule has 2 aliphatic rings. The average molecular weight is 355 g/mol. The van der Waals surface area contributed by atoms with Crippen LogP contribution >= 0.6 is 11.3 Å². The zero-order chi connectivity index (χ0) is 17.2. The van der Waals surface area contributed by atoms with Crippen molar-refractivity contribution in [3.63, 3.8) is 0 Å². The van der Waals surface area contributed by atoms with Crippen LogP contribution in [-0.4, -0.2) is 46.0 Å². The molecule has 0 atom stereocenters. The number of hydrazine groups is 1. The maximum absolute atomic E-state index is 6.16. The Kier molecular flexibility index (Phi) is 4.48. The molecule has 0 radical (unpaired) electrons. The van der Waals surface area contributed by atoms with Crippen LogP contribution in [0.5, 0.6) is 0 Å². The van der Waals surface area contributed by atoms with E-state index in [1.165, 1.54) is 4.88 Å². The van der Waals surface area contributed by atoms with Crippen LogP contribution in [0.1, 0.15) is 23.3 Å². The van der Waals surface area contributed by atoms with E-state index in [0.29, 0.717) is 5.92 Å². The van der Waals surface area contributed by atoms with E-state index in [1.807, 2.05) is 24.0 Å². The Morgan fingerprint density at radius 3 is 3.00 bits per heavy atom. The number of H-pyrrole nitrogens is 1. The number of thiazole rings is 1. The van der Waals surface area contributed by atoms with E-state index in [2.05, 4.69) is 31.6 Å². The van der Waals surface area contributed by atoms with Gasteiger partial charge in [0.25, 0.3) is 0 Å². The summed E-state index contributed by atoms with van der Waals surface area (Å²) < 4.78 is 0. The lowest BCUT2D eigenvalue weighted by molar-refractivity contribution is 0.192. The van der Waals surface area contributed by atoms with E-state index in [-0.39, 0.29) is 0 Å². The molecule has 3 N–H and O–H groups in total. The van der Waals surface area contributed by atoms with E-state index >= 15 is 0 Å². The number of allylic oxidation sites excluding steroid dienone is 1. The summed E-state index contributed by atoms with van der Waals surface area (Å²) in [6.07, 6.45) is 7.54. The fourth-order valence-electron chi connectivity index (χ4n) is 3.55. The molecule has 0 unspecified atom stereocenters. The van der Waals surface area contributed by atoms with Crippen LogP contribution in [0.2, 0.25) is 0 Å². The van der Waals surface area contributed by atoms with E-state index < -0.39 is 0 Å². The predicted octanol–water partition coefficient (Wildman–Crippen LogP) is 2.60. The normalized spacial score (nSPS) is 20.6. The van der Waals surface area contributed by atoms with E-state index in [4.69, 9.17) is 5.84 Å². The Balaban J connectivity index is 1.53. The molecule has 2 aliphatic heterocycles. The van der Waals surface area contributed by atoms with Gasteiger partial charge in [-0.2, -0.15) is 0 Å². The third kappa shape index (κ3) is 3.15. The quantitative estimate of drug-likeness (QED) is 0.652. The number of aliphatic imine (C=N–C) groups is 2. The van der Waals surface area contributed by atoms with Gasteiger partial charge in [-0.15, -0.1) is 11.3 Å². The summed E-state index contributed by atoms with van der Waals surface area (Å²) in [7, 11) is 0. The van der Waals surface area contributed by atoms with Gasteiger partial charge >= 0.3 is 0 Å². The summed E-state index contributed by atoms with van der Waals surface area (Å²) >= 11 is 1.71. The summed E-state index contributed by atoms with van der Waals surface area (Å²) in [6.45, 7) is 6.86. The van der Waals surface area contributed by atoms with Gasteiger partial charge in [0.1, 0.15) is 12.2 Å². The first-order valence-electron chi connectivity index (χ1n) is 8.32. The van der Waals surface area contributed by atoms with Crippen molar-refractivity contribution in [2.45, 2.75) is 19.4 Å². The maximum atomic E-state index is 6.16. The fraction of sp³-hybridized carbons (Fsp3) is 0.353. The highest BCUT2D eigenvalue weighted by atomic mass is 32.1. The molecular formula is C17H21N7S. The minimum atomic E-state index is 0.352. The number of likely N-dealkylation sites (tertiary alicyclic amines) is 1. The summed E-state index contributed by atoms with van der Waals surface area (Å²) in [4.78, 5) is 19.8. The molecule has 1 fully saturated rings. The van der Waals surface area contributed by atoms with Gasteiger partial charge < -0.3 is 4.98 Å². The van der Waals surface area contributed by atoms with Crippen molar-refractivity contribution >= 4 is 35.9 Å². The van der Waals surface area contributed by atoms with E-state index in [0.717, 1.165) is 55.3 Å². The standard InChI is InChI=1S/C17H21N7S/c1-19-15(16-14-2-5-21-17(14)22-10-24(16)18)12-3-6-23(7-4-12)9-13-8-20-11-25-13/h2,5,8,10-12,21H,1,3-4,6-7,9,18H2/b16-15-. The molecule has 0 aromatic carbocycles. The highest BCUT2D eigenvalue weighted by Gasteiger charge is 2.28. The number of aromatic nitrogens is 2. The van der Waals surface area contributed by atoms with Crippen molar-refractivity contribution in [3.8, 4) is 0 Å². The number of hydrogen-bond acceptors (Lipinski definition) is 7. The number of rotatable bonds is 4. The summed E-state index contributed by atoms with van der Waals surface area (Å²) in [5.74, 6) is 7.33. The molecule has 1 saturated heterocycles.